The molecule has 2 unspecified atom stereocenters. The van der Waals surface area contributed by atoms with Gasteiger partial charge in [-0.2, -0.15) is 0 Å². The molecule has 118 valence electrons. The highest BCUT2D eigenvalue weighted by Gasteiger charge is 2.27. The summed E-state index contributed by atoms with van der Waals surface area (Å²) in [6, 6.07) is 6.02. The van der Waals surface area contributed by atoms with Gasteiger partial charge in [0.15, 0.2) is 0 Å². The molecule has 5 heteroatoms. The van der Waals surface area contributed by atoms with E-state index in [1.807, 2.05) is 26.0 Å². The Bertz CT molecular complexity index is 492. The highest BCUT2D eigenvalue weighted by Crippen LogP contribution is 2.32. The number of carbonyl (C=O) groups excluding carboxylic acids is 1. The van der Waals surface area contributed by atoms with E-state index in [-0.39, 0.29) is 30.4 Å². The molecule has 21 heavy (non-hydrogen) atoms. The molecule has 0 saturated carbocycles. The predicted octanol–water partition coefficient (Wildman–Crippen LogP) is 2.75. The normalized spacial score (nSPS) is 16.4. The van der Waals surface area contributed by atoms with Crippen LogP contribution in [0.1, 0.15) is 39.2 Å². The van der Waals surface area contributed by atoms with Crippen molar-refractivity contribution in [2.75, 3.05) is 17.2 Å². The molecule has 2 atom stereocenters. The number of nitrogens with one attached hydrogen (secondary N) is 1. The molecule has 1 aliphatic heterocycles. The molecule has 1 aromatic rings. The van der Waals surface area contributed by atoms with Gasteiger partial charge in [-0.05, 0) is 50.8 Å². The number of halogens is 1. The Hall–Kier alpha value is -1.42. The summed E-state index contributed by atoms with van der Waals surface area (Å²) in [5.74, 6) is 0.0922. The van der Waals surface area contributed by atoms with Crippen molar-refractivity contribution in [1.82, 2.24) is 5.32 Å². The summed E-state index contributed by atoms with van der Waals surface area (Å²) in [6.07, 6.45) is 2.99. The lowest BCUT2D eigenvalue weighted by Crippen LogP contribution is -2.49. The molecule has 0 aliphatic carbocycles. The van der Waals surface area contributed by atoms with Crippen LogP contribution < -0.4 is 16.0 Å². The Balaban J connectivity index is 0.00000220. The molecule has 4 nitrogen and oxygen atoms in total. The lowest BCUT2D eigenvalue weighted by molar-refractivity contribution is -0.122. The summed E-state index contributed by atoms with van der Waals surface area (Å²) in [5, 5.41) is 3.06. The van der Waals surface area contributed by atoms with Crippen LogP contribution in [0.25, 0.3) is 0 Å². The van der Waals surface area contributed by atoms with Crippen molar-refractivity contribution in [2.45, 2.75) is 52.1 Å². The fourth-order valence-electron chi connectivity index (χ4n) is 2.69. The minimum atomic E-state index is -0.162. The molecule has 3 N–H and O–H groups in total. The van der Waals surface area contributed by atoms with Crippen LogP contribution in [0.3, 0.4) is 0 Å². The SMILES string of the molecule is CCC(C)NC(=O)C(C)N1CCCc2c(N)cccc21.Cl. The van der Waals surface area contributed by atoms with E-state index in [2.05, 4.69) is 23.2 Å². The summed E-state index contributed by atoms with van der Waals surface area (Å²) in [4.78, 5) is 14.5. The largest absolute Gasteiger partial charge is 0.398 e. The van der Waals surface area contributed by atoms with Gasteiger partial charge in [-0.1, -0.05) is 13.0 Å². The van der Waals surface area contributed by atoms with Gasteiger partial charge >= 0.3 is 0 Å². The van der Waals surface area contributed by atoms with Crippen LogP contribution in [0.4, 0.5) is 11.4 Å². The molecular formula is C16H26ClN3O. The van der Waals surface area contributed by atoms with Crippen LogP contribution in [-0.2, 0) is 11.2 Å². The number of nitrogen functional groups attached to an aromatic ring is 1. The Morgan fingerprint density at radius 1 is 1.43 bits per heavy atom. The number of amides is 1. The van der Waals surface area contributed by atoms with Gasteiger partial charge in [-0.3, -0.25) is 4.79 Å². The van der Waals surface area contributed by atoms with E-state index in [0.717, 1.165) is 37.2 Å². The number of nitrogens with zero attached hydrogens (tertiary/aromatic N) is 1. The first-order chi connectivity index (χ1) is 9.54. The molecule has 0 saturated heterocycles. The third-order valence-electron chi connectivity index (χ3n) is 4.17. The average Bonchev–Trinajstić information content (AvgIpc) is 2.46. The highest BCUT2D eigenvalue weighted by atomic mass is 35.5. The van der Waals surface area contributed by atoms with E-state index in [1.54, 1.807) is 0 Å². The average molecular weight is 312 g/mol. The topological polar surface area (TPSA) is 58.4 Å². The van der Waals surface area contributed by atoms with Gasteiger partial charge in [-0.15, -0.1) is 12.4 Å². The Morgan fingerprint density at radius 2 is 2.14 bits per heavy atom. The maximum absolute atomic E-state index is 12.3. The van der Waals surface area contributed by atoms with Crippen LogP contribution in [0.15, 0.2) is 18.2 Å². The number of hydrogen-bond donors (Lipinski definition) is 2. The van der Waals surface area contributed by atoms with Crippen LogP contribution in [0.2, 0.25) is 0 Å². The number of anilines is 2. The lowest BCUT2D eigenvalue weighted by Gasteiger charge is -2.36. The second kappa shape index (κ2) is 7.55. The summed E-state index contributed by atoms with van der Waals surface area (Å²) in [6.45, 7) is 6.99. The molecule has 0 radical (unpaired) electrons. The summed E-state index contributed by atoms with van der Waals surface area (Å²) < 4.78 is 0. The van der Waals surface area contributed by atoms with Gasteiger partial charge in [0.25, 0.3) is 0 Å². The summed E-state index contributed by atoms with van der Waals surface area (Å²) in [5.41, 5.74) is 9.19. The van der Waals surface area contributed by atoms with Crippen LogP contribution in [0.5, 0.6) is 0 Å². The number of benzene rings is 1. The lowest BCUT2D eigenvalue weighted by atomic mass is 9.98. The van der Waals surface area contributed by atoms with E-state index in [9.17, 15) is 4.79 Å². The first-order valence-corrected chi connectivity index (χ1v) is 7.49. The van der Waals surface area contributed by atoms with Gasteiger partial charge < -0.3 is 16.0 Å². The van der Waals surface area contributed by atoms with Crippen molar-refractivity contribution in [3.05, 3.63) is 23.8 Å². The van der Waals surface area contributed by atoms with Crippen molar-refractivity contribution >= 4 is 29.7 Å². The maximum Gasteiger partial charge on any atom is 0.242 e. The number of carbonyl (C=O) groups is 1. The third-order valence-corrected chi connectivity index (χ3v) is 4.17. The van der Waals surface area contributed by atoms with E-state index in [1.165, 1.54) is 5.56 Å². The van der Waals surface area contributed by atoms with Gasteiger partial charge in [0.1, 0.15) is 6.04 Å². The summed E-state index contributed by atoms with van der Waals surface area (Å²) >= 11 is 0. The summed E-state index contributed by atoms with van der Waals surface area (Å²) in [7, 11) is 0. The fourth-order valence-corrected chi connectivity index (χ4v) is 2.69. The molecule has 1 amide bonds. The van der Waals surface area contributed by atoms with Crippen LogP contribution in [-0.4, -0.2) is 24.5 Å². The number of rotatable bonds is 4. The molecule has 1 aromatic carbocycles. The fraction of sp³-hybridized carbons (Fsp3) is 0.562. The first-order valence-electron chi connectivity index (χ1n) is 7.49. The zero-order valence-corrected chi connectivity index (χ0v) is 13.9. The van der Waals surface area contributed by atoms with E-state index in [0.29, 0.717) is 0 Å². The van der Waals surface area contributed by atoms with Crippen molar-refractivity contribution in [3.63, 3.8) is 0 Å². The second-order valence-corrected chi connectivity index (χ2v) is 5.64. The monoisotopic (exact) mass is 311 g/mol. The standard InChI is InChI=1S/C16H25N3O.ClH/c1-4-11(2)18-16(20)12(3)19-10-6-7-13-14(17)8-5-9-15(13)19;/h5,8-9,11-12H,4,6-7,10,17H2,1-3H3,(H,18,20);1H. The minimum Gasteiger partial charge on any atom is -0.398 e. The maximum atomic E-state index is 12.3. The number of nitrogens with two attached hydrogens (primary N) is 1. The van der Waals surface area contributed by atoms with Crippen molar-refractivity contribution in [3.8, 4) is 0 Å². The van der Waals surface area contributed by atoms with Gasteiger partial charge in [-0.25, -0.2) is 0 Å². The number of hydrogen-bond acceptors (Lipinski definition) is 3. The van der Waals surface area contributed by atoms with Crippen LogP contribution >= 0.6 is 12.4 Å². The van der Waals surface area contributed by atoms with Gasteiger partial charge in [0, 0.05) is 24.0 Å². The smallest absolute Gasteiger partial charge is 0.242 e. The van der Waals surface area contributed by atoms with Gasteiger partial charge in [0.2, 0.25) is 5.91 Å². The molecule has 0 spiro atoms. The molecule has 0 bridgehead atoms. The third kappa shape index (κ3) is 3.82. The highest BCUT2D eigenvalue weighted by molar-refractivity contribution is 5.86. The second-order valence-electron chi connectivity index (χ2n) is 5.64. The quantitative estimate of drug-likeness (QED) is 0.841. The Morgan fingerprint density at radius 3 is 2.81 bits per heavy atom. The molecule has 1 aliphatic rings. The first kappa shape index (κ1) is 17.6. The van der Waals surface area contributed by atoms with Crippen molar-refractivity contribution in [2.24, 2.45) is 0 Å². The van der Waals surface area contributed by atoms with Crippen molar-refractivity contribution in [1.29, 1.82) is 0 Å². The Labute approximate surface area is 133 Å². The molecule has 2 rings (SSSR count). The zero-order chi connectivity index (χ0) is 14.7. The molecule has 1 heterocycles. The predicted molar refractivity (Wildman–Crippen MR) is 91.1 cm³/mol. The number of fused-ring (bicyclic) bond motifs is 1. The van der Waals surface area contributed by atoms with E-state index < -0.39 is 0 Å². The minimum absolute atomic E-state index is 0. The molecule has 0 aromatic heterocycles. The Kier molecular flexibility index (Phi) is 6.34. The van der Waals surface area contributed by atoms with Gasteiger partial charge in [0.05, 0.1) is 0 Å². The van der Waals surface area contributed by atoms with E-state index >= 15 is 0 Å². The van der Waals surface area contributed by atoms with Crippen LogP contribution in [0, 0.1) is 0 Å². The molecular weight excluding hydrogens is 286 g/mol. The molecule has 0 fully saturated rings. The van der Waals surface area contributed by atoms with E-state index in [4.69, 9.17) is 5.73 Å². The zero-order valence-electron chi connectivity index (χ0n) is 13.1. The van der Waals surface area contributed by atoms with Crippen molar-refractivity contribution < 1.29 is 4.79 Å².